The van der Waals surface area contributed by atoms with Gasteiger partial charge in [0.1, 0.15) is 16.2 Å². The number of anilines is 1. The lowest BCUT2D eigenvalue weighted by molar-refractivity contribution is -0.115. The standard InChI is InChI=1S/C12H10FN3OS2/c1-7-14-15-12(19-7)16-10(17)6-18-11(16)8-2-4-9(13)5-3-8/h2-5,11H,6H2,1H3. The zero-order valence-electron chi connectivity index (χ0n) is 10.0. The Morgan fingerprint density at radius 3 is 2.68 bits per heavy atom. The van der Waals surface area contributed by atoms with Gasteiger partial charge in [0, 0.05) is 0 Å². The van der Waals surface area contributed by atoms with Gasteiger partial charge in [0.25, 0.3) is 0 Å². The minimum absolute atomic E-state index is 0.00970. The van der Waals surface area contributed by atoms with Gasteiger partial charge in [-0.3, -0.25) is 9.69 Å². The maximum atomic E-state index is 13.0. The van der Waals surface area contributed by atoms with Crippen LogP contribution in [0.4, 0.5) is 9.52 Å². The summed E-state index contributed by atoms with van der Waals surface area (Å²) in [5.41, 5.74) is 0.894. The Labute approximate surface area is 117 Å². The van der Waals surface area contributed by atoms with E-state index >= 15 is 0 Å². The molecule has 1 aromatic carbocycles. The van der Waals surface area contributed by atoms with Crippen molar-refractivity contribution < 1.29 is 9.18 Å². The molecular formula is C12H10FN3OS2. The fourth-order valence-corrected chi connectivity index (χ4v) is 3.84. The number of halogens is 1. The van der Waals surface area contributed by atoms with Crippen molar-refractivity contribution in [2.45, 2.75) is 12.3 Å². The summed E-state index contributed by atoms with van der Waals surface area (Å²) in [5, 5.41) is 9.23. The van der Waals surface area contributed by atoms with Crippen molar-refractivity contribution in [2.75, 3.05) is 10.7 Å². The average Bonchev–Trinajstić information content (AvgIpc) is 2.96. The Morgan fingerprint density at radius 2 is 2.05 bits per heavy atom. The number of hydrogen-bond acceptors (Lipinski definition) is 5. The number of nitrogens with zero attached hydrogens (tertiary/aromatic N) is 3. The lowest BCUT2D eigenvalue weighted by Gasteiger charge is -2.20. The van der Waals surface area contributed by atoms with Gasteiger partial charge in [-0.2, -0.15) is 0 Å². The van der Waals surface area contributed by atoms with E-state index in [0.29, 0.717) is 10.9 Å². The molecule has 7 heteroatoms. The molecule has 0 N–H and O–H groups in total. The predicted octanol–water partition coefficient (Wildman–Crippen LogP) is 2.76. The summed E-state index contributed by atoms with van der Waals surface area (Å²) < 4.78 is 13.0. The zero-order valence-corrected chi connectivity index (χ0v) is 11.7. The van der Waals surface area contributed by atoms with Gasteiger partial charge >= 0.3 is 0 Å². The minimum atomic E-state index is -0.281. The Bertz CT molecular complexity index is 614. The number of thioether (sulfide) groups is 1. The summed E-state index contributed by atoms with van der Waals surface area (Å²) in [6.07, 6.45) is 0. The van der Waals surface area contributed by atoms with E-state index in [1.807, 2.05) is 6.92 Å². The largest absolute Gasteiger partial charge is 0.273 e. The molecule has 4 nitrogen and oxygen atoms in total. The normalized spacial score (nSPS) is 19.2. The molecule has 1 fully saturated rings. The lowest BCUT2D eigenvalue weighted by atomic mass is 10.2. The molecule has 19 heavy (non-hydrogen) atoms. The van der Waals surface area contributed by atoms with Crippen LogP contribution in [0.25, 0.3) is 0 Å². The van der Waals surface area contributed by atoms with Crippen LogP contribution in [0, 0.1) is 12.7 Å². The van der Waals surface area contributed by atoms with Crippen molar-refractivity contribution >= 4 is 34.1 Å². The third-order valence-electron chi connectivity index (χ3n) is 2.74. The quantitative estimate of drug-likeness (QED) is 0.854. The summed E-state index contributed by atoms with van der Waals surface area (Å²) in [5.74, 6) is 0.132. The van der Waals surface area contributed by atoms with Crippen LogP contribution in [0.3, 0.4) is 0 Å². The topological polar surface area (TPSA) is 46.1 Å². The Morgan fingerprint density at radius 1 is 1.32 bits per heavy atom. The monoisotopic (exact) mass is 295 g/mol. The van der Waals surface area contributed by atoms with Gasteiger partial charge in [-0.15, -0.1) is 22.0 Å². The van der Waals surface area contributed by atoms with Gasteiger partial charge in [0.2, 0.25) is 11.0 Å². The molecule has 1 unspecified atom stereocenters. The smallest absolute Gasteiger partial charge is 0.240 e. The molecule has 0 bridgehead atoms. The van der Waals surface area contributed by atoms with E-state index in [0.717, 1.165) is 10.6 Å². The van der Waals surface area contributed by atoms with Gasteiger partial charge in [-0.05, 0) is 24.6 Å². The number of hydrogen-bond donors (Lipinski definition) is 0. The highest BCUT2D eigenvalue weighted by atomic mass is 32.2. The van der Waals surface area contributed by atoms with Crippen LogP contribution in [-0.2, 0) is 4.79 Å². The van der Waals surface area contributed by atoms with Crippen molar-refractivity contribution in [1.82, 2.24) is 10.2 Å². The molecule has 1 aromatic heterocycles. The molecule has 2 heterocycles. The van der Waals surface area contributed by atoms with Crippen molar-refractivity contribution in [3.05, 3.63) is 40.7 Å². The fraction of sp³-hybridized carbons (Fsp3) is 0.250. The number of carbonyl (C=O) groups excluding carboxylic acids is 1. The van der Waals surface area contributed by atoms with Crippen LogP contribution < -0.4 is 4.90 Å². The number of carbonyl (C=O) groups is 1. The number of rotatable bonds is 2. The summed E-state index contributed by atoms with van der Waals surface area (Å²) in [6, 6.07) is 6.21. The predicted molar refractivity (Wildman–Crippen MR) is 73.7 cm³/mol. The summed E-state index contributed by atoms with van der Waals surface area (Å²) in [4.78, 5) is 13.6. The highest BCUT2D eigenvalue weighted by molar-refractivity contribution is 8.00. The SMILES string of the molecule is Cc1nnc(N2C(=O)CSC2c2ccc(F)cc2)s1. The maximum Gasteiger partial charge on any atom is 0.240 e. The molecule has 0 saturated carbocycles. The third-order valence-corrected chi connectivity index (χ3v) is 4.79. The number of aryl methyl sites for hydroxylation is 1. The van der Waals surface area contributed by atoms with Gasteiger partial charge in [0.05, 0.1) is 5.75 Å². The molecule has 98 valence electrons. The number of amides is 1. The number of benzene rings is 1. The van der Waals surface area contributed by atoms with E-state index in [1.54, 1.807) is 17.0 Å². The molecule has 0 spiro atoms. The molecule has 3 rings (SSSR count). The van der Waals surface area contributed by atoms with Crippen molar-refractivity contribution in [2.24, 2.45) is 0 Å². The Kier molecular flexibility index (Phi) is 3.24. The highest BCUT2D eigenvalue weighted by Crippen LogP contribution is 2.42. The molecule has 1 aliphatic rings. The van der Waals surface area contributed by atoms with E-state index < -0.39 is 0 Å². The van der Waals surface area contributed by atoms with Gasteiger partial charge in [0.15, 0.2) is 0 Å². The van der Waals surface area contributed by atoms with Crippen molar-refractivity contribution in [3.63, 3.8) is 0 Å². The molecule has 1 aliphatic heterocycles. The lowest BCUT2D eigenvalue weighted by Crippen LogP contribution is -2.27. The average molecular weight is 295 g/mol. The van der Waals surface area contributed by atoms with Crippen molar-refractivity contribution in [1.29, 1.82) is 0 Å². The number of aromatic nitrogens is 2. The second-order valence-corrected chi connectivity index (χ2v) is 6.31. The molecular weight excluding hydrogens is 285 g/mol. The first-order valence-electron chi connectivity index (χ1n) is 5.64. The molecule has 2 aromatic rings. The Balaban J connectivity index is 1.96. The van der Waals surface area contributed by atoms with Gasteiger partial charge in [-0.1, -0.05) is 23.5 Å². The van der Waals surface area contributed by atoms with Crippen LogP contribution in [0.2, 0.25) is 0 Å². The van der Waals surface area contributed by atoms with Gasteiger partial charge in [-0.25, -0.2) is 4.39 Å². The van der Waals surface area contributed by atoms with Crippen LogP contribution in [-0.4, -0.2) is 21.9 Å². The fourth-order valence-electron chi connectivity index (χ4n) is 1.89. The molecule has 0 aliphatic carbocycles. The second-order valence-electron chi connectivity index (χ2n) is 4.08. The molecule has 0 radical (unpaired) electrons. The first kappa shape index (κ1) is 12.6. The molecule has 1 atom stereocenters. The van der Waals surface area contributed by atoms with Crippen LogP contribution in [0.1, 0.15) is 15.9 Å². The Hall–Kier alpha value is -1.47. The second kappa shape index (κ2) is 4.90. The van der Waals surface area contributed by atoms with Gasteiger partial charge < -0.3 is 0 Å². The van der Waals surface area contributed by atoms with Crippen LogP contribution in [0.5, 0.6) is 0 Å². The highest BCUT2D eigenvalue weighted by Gasteiger charge is 2.36. The zero-order chi connectivity index (χ0) is 13.4. The minimum Gasteiger partial charge on any atom is -0.273 e. The van der Waals surface area contributed by atoms with E-state index in [9.17, 15) is 9.18 Å². The summed E-state index contributed by atoms with van der Waals surface area (Å²) >= 11 is 2.90. The van der Waals surface area contributed by atoms with E-state index in [1.165, 1.54) is 35.2 Å². The first-order chi connectivity index (χ1) is 9.15. The first-order valence-corrected chi connectivity index (χ1v) is 7.51. The van der Waals surface area contributed by atoms with Crippen LogP contribution >= 0.6 is 23.1 Å². The summed E-state index contributed by atoms with van der Waals surface area (Å²) in [6.45, 7) is 1.85. The van der Waals surface area contributed by atoms with Crippen LogP contribution in [0.15, 0.2) is 24.3 Å². The van der Waals surface area contributed by atoms with Crippen molar-refractivity contribution in [3.8, 4) is 0 Å². The van der Waals surface area contributed by atoms with E-state index in [-0.39, 0.29) is 17.1 Å². The third kappa shape index (κ3) is 2.35. The summed E-state index contributed by atoms with van der Waals surface area (Å²) in [7, 11) is 0. The van der Waals surface area contributed by atoms with E-state index in [2.05, 4.69) is 10.2 Å². The van der Waals surface area contributed by atoms with E-state index in [4.69, 9.17) is 0 Å². The maximum absolute atomic E-state index is 13.0. The molecule has 1 saturated heterocycles. The molecule has 1 amide bonds.